The van der Waals surface area contributed by atoms with Crippen molar-refractivity contribution in [2.24, 2.45) is 0 Å². The average Bonchev–Trinajstić information content (AvgIpc) is 1.67. The summed E-state index contributed by atoms with van der Waals surface area (Å²) in [5.41, 5.74) is 0. The summed E-state index contributed by atoms with van der Waals surface area (Å²) in [7, 11) is 0. The largest absolute Gasteiger partial charge is 0.479 e. The van der Waals surface area contributed by atoms with Crippen molar-refractivity contribution in [3.63, 3.8) is 0 Å². The maximum Gasteiger partial charge on any atom is 0.345 e. The van der Waals surface area contributed by atoms with E-state index >= 15 is 0 Å². The maximum atomic E-state index is 9.74. The molecule has 0 amide bonds. The van der Waals surface area contributed by atoms with Gasteiger partial charge in [-0.2, -0.15) is 0 Å². The summed E-state index contributed by atoms with van der Waals surface area (Å²) in [5.74, 6) is 3.01. The maximum absolute atomic E-state index is 9.74. The van der Waals surface area contributed by atoms with Crippen LogP contribution in [0.4, 0.5) is 0 Å². The topological polar surface area (TPSA) is 57.5 Å². The fourth-order valence-electron chi connectivity index (χ4n) is 0.198. The lowest BCUT2D eigenvalue weighted by molar-refractivity contribution is -0.143. The summed E-state index contributed by atoms with van der Waals surface area (Å²) in [6.07, 6.45) is -1.53. The van der Waals surface area contributed by atoms with Crippen LogP contribution in [-0.2, 0) is 4.79 Å². The summed E-state index contributed by atoms with van der Waals surface area (Å²) in [4.78, 5) is 9.74. The molecule has 8 heavy (non-hydrogen) atoms. The molecular weight excluding hydrogens is 108 g/mol. The van der Waals surface area contributed by atoms with Crippen molar-refractivity contribution in [1.29, 1.82) is 0 Å². The Morgan fingerprint density at radius 3 is 2.38 bits per heavy atom. The quantitative estimate of drug-likeness (QED) is 0.450. The van der Waals surface area contributed by atoms with Crippen LogP contribution >= 0.6 is 0 Å². The Kier molecular flexibility index (Phi) is 2.67. The molecule has 1 atom stereocenters. The minimum atomic E-state index is -1.53. The second-order valence-corrected chi connectivity index (χ2v) is 1.14. The van der Waals surface area contributed by atoms with Crippen LogP contribution in [0.2, 0.25) is 0 Å². The van der Waals surface area contributed by atoms with Crippen molar-refractivity contribution in [2.75, 3.05) is 0 Å². The Morgan fingerprint density at radius 1 is 1.75 bits per heavy atom. The second-order valence-electron chi connectivity index (χ2n) is 1.14. The van der Waals surface area contributed by atoms with Crippen molar-refractivity contribution in [2.45, 2.75) is 13.0 Å². The summed E-state index contributed by atoms with van der Waals surface area (Å²) in [5, 5.41) is 16.3. The van der Waals surface area contributed by atoms with E-state index < -0.39 is 12.1 Å². The molecular formula is C5H6O3. The second kappa shape index (κ2) is 3.05. The average molecular weight is 114 g/mol. The Hall–Kier alpha value is -1.01. The molecule has 0 spiro atoms. The molecule has 0 saturated heterocycles. The zero-order valence-electron chi connectivity index (χ0n) is 4.38. The van der Waals surface area contributed by atoms with E-state index in [-0.39, 0.29) is 0 Å². The van der Waals surface area contributed by atoms with Crippen molar-refractivity contribution in [1.82, 2.24) is 0 Å². The van der Waals surface area contributed by atoms with Gasteiger partial charge < -0.3 is 10.2 Å². The molecule has 0 rings (SSSR count). The van der Waals surface area contributed by atoms with E-state index in [0.717, 1.165) is 0 Å². The monoisotopic (exact) mass is 114 g/mol. The van der Waals surface area contributed by atoms with Gasteiger partial charge in [-0.1, -0.05) is 5.92 Å². The van der Waals surface area contributed by atoms with Gasteiger partial charge in [0.2, 0.25) is 6.10 Å². The van der Waals surface area contributed by atoms with Crippen LogP contribution in [0.25, 0.3) is 0 Å². The first-order valence-electron chi connectivity index (χ1n) is 2.01. The Bertz CT molecular complexity index is 139. The van der Waals surface area contributed by atoms with Gasteiger partial charge in [0.05, 0.1) is 0 Å². The molecule has 0 aliphatic heterocycles. The molecule has 0 aromatic heterocycles. The molecule has 0 aromatic carbocycles. The first-order chi connectivity index (χ1) is 3.68. The predicted molar refractivity (Wildman–Crippen MR) is 27.1 cm³/mol. The lowest BCUT2D eigenvalue weighted by Crippen LogP contribution is -2.16. The molecule has 0 aliphatic rings. The summed E-state index contributed by atoms with van der Waals surface area (Å²) in [6, 6.07) is 0. The molecule has 1 unspecified atom stereocenters. The highest BCUT2D eigenvalue weighted by molar-refractivity contribution is 5.75. The minimum Gasteiger partial charge on any atom is -0.479 e. The van der Waals surface area contributed by atoms with Crippen LogP contribution in [0.15, 0.2) is 0 Å². The number of carbonyl (C=O) groups is 1. The van der Waals surface area contributed by atoms with E-state index in [4.69, 9.17) is 10.2 Å². The number of hydrogen-bond acceptors (Lipinski definition) is 2. The number of carboxylic acids is 1. The van der Waals surface area contributed by atoms with Crippen LogP contribution in [0.3, 0.4) is 0 Å². The van der Waals surface area contributed by atoms with Gasteiger partial charge in [0.1, 0.15) is 0 Å². The van der Waals surface area contributed by atoms with E-state index in [0.29, 0.717) is 0 Å². The van der Waals surface area contributed by atoms with E-state index in [9.17, 15) is 4.79 Å². The zero-order valence-corrected chi connectivity index (χ0v) is 4.38. The van der Waals surface area contributed by atoms with Gasteiger partial charge in [0.25, 0.3) is 0 Å². The highest BCUT2D eigenvalue weighted by atomic mass is 16.4. The standard InChI is InChI=1S/C5H6O3/c1-2-3-4(6)5(7)8/h4,6H,1H3,(H,7,8). The molecule has 0 aromatic rings. The number of aliphatic hydroxyl groups is 1. The van der Waals surface area contributed by atoms with Crippen molar-refractivity contribution < 1.29 is 15.0 Å². The Balaban J connectivity index is 3.77. The van der Waals surface area contributed by atoms with Crippen LogP contribution in [0.5, 0.6) is 0 Å². The number of rotatable bonds is 1. The minimum absolute atomic E-state index is 1.31. The van der Waals surface area contributed by atoms with Gasteiger partial charge in [-0.05, 0) is 6.92 Å². The summed E-state index contributed by atoms with van der Waals surface area (Å²) >= 11 is 0. The highest BCUT2D eigenvalue weighted by Crippen LogP contribution is 1.76. The van der Waals surface area contributed by atoms with E-state index in [1.54, 1.807) is 0 Å². The molecule has 3 nitrogen and oxygen atoms in total. The third kappa shape index (κ3) is 2.21. The van der Waals surface area contributed by atoms with Gasteiger partial charge in [-0.15, -0.1) is 5.92 Å². The fourth-order valence-corrected chi connectivity index (χ4v) is 0.198. The number of hydrogen-bond donors (Lipinski definition) is 2. The van der Waals surface area contributed by atoms with Crippen LogP contribution in [0.1, 0.15) is 6.92 Å². The van der Waals surface area contributed by atoms with E-state index in [2.05, 4.69) is 11.8 Å². The molecule has 0 radical (unpaired) electrons. The van der Waals surface area contributed by atoms with E-state index in [1.807, 2.05) is 0 Å². The molecule has 0 aliphatic carbocycles. The summed E-state index contributed by atoms with van der Waals surface area (Å²) in [6.45, 7) is 1.46. The van der Waals surface area contributed by atoms with Gasteiger partial charge in [-0.3, -0.25) is 0 Å². The van der Waals surface area contributed by atoms with E-state index in [1.165, 1.54) is 6.92 Å². The first kappa shape index (κ1) is 6.99. The lowest BCUT2D eigenvalue weighted by Gasteiger charge is -1.89. The third-order valence-electron chi connectivity index (χ3n) is 0.515. The van der Waals surface area contributed by atoms with Crippen molar-refractivity contribution in [3.05, 3.63) is 0 Å². The molecule has 2 N–H and O–H groups in total. The van der Waals surface area contributed by atoms with Gasteiger partial charge >= 0.3 is 5.97 Å². The van der Waals surface area contributed by atoms with Crippen molar-refractivity contribution in [3.8, 4) is 11.8 Å². The highest BCUT2D eigenvalue weighted by Gasteiger charge is 2.06. The molecule has 0 fully saturated rings. The zero-order chi connectivity index (χ0) is 6.57. The molecule has 0 bridgehead atoms. The van der Waals surface area contributed by atoms with Gasteiger partial charge in [0, 0.05) is 0 Å². The SMILES string of the molecule is CC#CC(O)C(=O)O. The van der Waals surface area contributed by atoms with Crippen molar-refractivity contribution >= 4 is 5.97 Å². The number of aliphatic carboxylic acids is 1. The number of aliphatic hydroxyl groups excluding tert-OH is 1. The van der Waals surface area contributed by atoms with Gasteiger partial charge in [0.15, 0.2) is 0 Å². The number of carboxylic acid groups (broad SMARTS) is 1. The molecule has 44 valence electrons. The van der Waals surface area contributed by atoms with Crippen LogP contribution in [0, 0.1) is 11.8 Å². The first-order valence-corrected chi connectivity index (χ1v) is 2.01. The smallest absolute Gasteiger partial charge is 0.345 e. The van der Waals surface area contributed by atoms with Gasteiger partial charge in [-0.25, -0.2) is 4.79 Å². The van der Waals surface area contributed by atoms with Crippen LogP contribution < -0.4 is 0 Å². The summed E-state index contributed by atoms with van der Waals surface area (Å²) < 4.78 is 0. The Labute approximate surface area is 46.9 Å². The predicted octanol–water partition coefficient (Wildman–Crippen LogP) is -0.545. The normalized spacial score (nSPS) is 11.2. The fraction of sp³-hybridized carbons (Fsp3) is 0.400. The van der Waals surface area contributed by atoms with Crippen LogP contribution in [-0.4, -0.2) is 22.3 Å². The molecule has 0 saturated carbocycles. The third-order valence-corrected chi connectivity index (χ3v) is 0.515. The molecule has 3 heteroatoms. The molecule has 0 heterocycles. The lowest BCUT2D eigenvalue weighted by atomic mass is 10.4. The Morgan fingerprint density at radius 2 is 2.25 bits per heavy atom.